The van der Waals surface area contributed by atoms with Gasteiger partial charge in [-0.25, -0.2) is 0 Å². The Labute approximate surface area is 175 Å². The average molecular weight is 478 g/mol. The molecule has 26 heavy (non-hydrogen) atoms. The molecule has 0 bridgehead atoms. The van der Waals surface area contributed by atoms with Gasteiger partial charge in [-0.3, -0.25) is 9.67 Å². The van der Waals surface area contributed by atoms with Gasteiger partial charge in [0.2, 0.25) is 0 Å². The topological polar surface area (TPSA) is 57.9 Å². The number of guanidine groups is 1. The lowest BCUT2D eigenvalue weighted by atomic mass is 10.1. The molecule has 1 saturated heterocycles. The Morgan fingerprint density at radius 2 is 2.19 bits per heavy atom. The molecule has 1 aliphatic rings. The minimum absolute atomic E-state index is 0. The van der Waals surface area contributed by atoms with Crippen molar-refractivity contribution in [1.82, 2.24) is 24.9 Å². The van der Waals surface area contributed by atoms with Gasteiger partial charge in [-0.15, -0.1) is 24.0 Å². The summed E-state index contributed by atoms with van der Waals surface area (Å²) in [7, 11) is 1.94. The van der Waals surface area contributed by atoms with Crippen LogP contribution in [0.1, 0.15) is 38.9 Å². The number of likely N-dealkylation sites (N-methyl/N-ethyl adjacent to an activating group) is 1. The number of aromatic nitrogens is 2. The second kappa shape index (κ2) is 12.5. The molecule has 0 spiro atoms. The molecular formula is C18H35IN6O. The number of nitrogens with one attached hydrogen (secondary N) is 1. The van der Waals surface area contributed by atoms with Gasteiger partial charge in [-0.05, 0) is 26.4 Å². The maximum Gasteiger partial charge on any atom is 0.194 e. The molecule has 1 aliphatic heterocycles. The molecule has 1 fully saturated rings. The first-order valence-corrected chi connectivity index (χ1v) is 9.53. The molecule has 0 aromatic carbocycles. The van der Waals surface area contributed by atoms with Crippen LogP contribution in [0.15, 0.2) is 17.4 Å². The number of aliphatic imine (C=N–C) groups is 1. The van der Waals surface area contributed by atoms with E-state index in [9.17, 15) is 0 Å². The number of hydrogen-bond acceptors (Lipinski definition) is 4. The summed E-state index contributed by atoms with van der Waals surface area (Å²) in [5, 5.41) is 7.69. The van der Waals surface area contributed by atoms with Crippen LogP contribution in [0.5, 0.6) is 0 Å². The first kappa shape index (κ1) is 23.2. The van der Waals surface area contributed by atoms with Crippen molar-refractivity contribution in [3.05, 3.63) is 18.0 Å². The van der Waals surface area contributed by atoms with E-state index in [0.717, 1.165) is 57.3 Å². The molecule has 1 atom stereocenters. The van der Waals surface area contributed by atoms with E-state index < -0.39 is 0 Å². The summed E-state index contributed by atoms with van der Waals surface area (Å²) in [6.45, 7) is 13.9. The van der Waals surface area contributed by atoms with Crippen LogP contribution < -0.4 is 5.32 Å². The highest BCUT2D eigenvalue weighted by Crippen LogP contribution is 2.21. The number of nitrogens with zero attached hydrogens (tertiary/aromatic N) is 5. The van der Waals surface area contributed by atoms with Crippen LogP contribution >= 0.6 is 24.0 Å². The fourth-order valence-electron chi connectivity index (χ4n) is 3.12. The van der Waals surface area contributed by atoms with E-state index in [0.29, 0.717) is 6.61 Å². The second-order valence-electron chi connectivity index (χ2n) is 6.42. The first-order chi connectivity index (χ1) is 12.2. The summed E-state index contributed by atoms with van der Waals surface area (Å²) in [6, 6.07) is 0. The molecule has 0 aliphatic carbocycles. The van der Waals surface area contributed by atoms with Crippen molar-refractivity contribution in [2.75, 3.05) is 52.4 Å². The zero-order chi connectivity index (χ0) is 18.1. The van der Waals surface area contributed by atoms with Crippen molar-refractivity contribution < 1.29 is 4.74 Å². The Hall–Kier alpha value is -0.870. The summed E-state index contributed by atoms with van der Waals surface area (Å²) in [4.78, 5) is 9.61. The molecular weight excluding hydrogens is 443 g/mol. The van der Waals surface area contributed by atoms with Crippen molar-refractivity contribution in [2.45, 2.75) is 33.3 Å². The molecule has 2 heterocycles. The summed E-state index contributed by atoms with van der Waals surface area (Å²) < 4.78 is 7.77. The van der Waals surface area contributed by atoms with E-state index in [2.05, 4.69) is 41.0 Å². The zero-order valence-electron chi connectivity index (χ0n) is 16.6. The quantitative estimate of drug-likeness (QED) is 0.353. The van der Waals surface area contributed by atoms with Crippen LogP contribution in [0.4, 0.5) is 0 Å². The lowest BCUT2D eigenvalue weighted by Gasteiger charge is -2.35. The molecule has 1 aromatic heterocycles. The van der Waals surface area contributed by atoms with Crippen molar-refractivity contribution in [3.8, 4) is 0 Å². The van der Waals surface area contributed by atoms with Crippen molar-refractivity contribution in [3.63, 3.8) is 0 Å². The van der Waals surface area contributed by atoms with E-state index in [-0.39, 0.29) is 30.1 Å². The number of halogens is 1. The van der Waals surface area contributed by atoms with Crippen LogP contribution in [0.25, 0.3) is 0 Å². The zero-order valence-corrected chi connectivity index (χ0v) is 19.0. The average Bonchev–Trinajstić information content (AvgIpc) is 3.06. The highest BCUT2D eigenvalue weighted by atomic mass is 127. The Bertz CT molecular complexity index is 536. The molecule has 1 aromatic rings. The predicted octanol–water partition coefficient (Wildman–Crippen LogP) is 2.11. The number of ether oxygens (including phenoxy) is 1. The molecule has 2 rings (SSSR count). The standard InChI is InChI=1S/C18H34N6O.HI/c1-5-9-23(7-3)10-8-20-18(19-6-2)24-11-12-25-17(15-24)16-13-21-22(4)14-16;/h13-14,17H,5-12,15H2,1-4H3,(H,19,20);1H. The number of aryl methyl sites for hydroxylation is 1. The van der Waals surface area contributed by atoms with Crippen molar-refractivity contribution in [1.29, 1.82) is 0 Å². The van der Waals surface area contributed by atoms with Crippen molar-refractivity contribution >= 4 is 29.9 Å². The highest BCUT2D eigenvalue weighted by molar-refractivity contribution is 14.0. The molecule has 0 saturated carbocycles. The Morgan fingerprint density at radius 1 is 1.38 bits per heavy atom. The van der Waals surface area contributed by atoms with Gasteiger partial charge in [0.25, 0.3) is 0 Å². The maximum atomic E-state index is 5.94. The van der Waals surface area contributed by atoms with Gasteiger partial charge < -0.3 is 19.9 Å². The monoisotopic (exact) mass is 478 g/mol. The fourth-order valence-corrected chi connectivity index (χ4v) is 3.12. The SMILES string of the molecule is CCCN(CC)CCN=C(NCC)N1CCOC(c2cnn(C)c2)C1.I. The lowest BCUT2D eigenvalue weighted by molar-refractivity contribution is -0.00805. The van der Waals surface area contributed by atoms with Crippen molar-refractivity contribution in [2.24, 2.45) is 12.0 Å². The number of rotatable bonds is 8. The Balaban J connectivity index is 0.00000338. The van der Waals surface area contributed by atoms with E-state index >= 15 is 0 Å². The first-order valence-electron chi connectivity index (χ1n) is 9.53. The molecule has 0 amide bonds. The summed E-state index contributed by atoms with van der Waals surface area (Å²) in [6.07, 6.45) is 5.16. The molecule has 8 heteroatoms. The summed E-state index contributed by atoms with van der Waals surface area (Å²) >= 11 is 0. The Kier molecular flexibility index (Phi) is 11.1. The van der Waals surface area contributed by atoms with Crippen LogP contribution in [0.2, 0.25) is 0 Å². The molecule has 1 N–H and O–H groups in total. The van der Waals surface area contributed by atoms with Crippen LogP contribution in [0.3, 0.4) is 0 Å². The third-order valence-corrected chi connectivity index (χ3v) is 4.46. The minimum Gasteiger partial charge on any atom is -0.370 e. The smallest absolute Gasteiger partial charge is 0.194 e. The van der Waals surface area contributed by atoms with Gasteiger partial charge in [0.05, 0.1) is 25.9 Å². The summed E-state index contributed by atoms with van der Waals surface area (Å²) in [5.74, 6) is 0.993. The maximum absolute atomic E-state index is 5.94. The van der Waals surface area contributed by atoms with Gasteiger partial charge in [-0.1, -0.05) is 13.8 Å². The molecule has 150 valence electrons. The van der Waals surface area contributed by atoms with Crippen LogP contribution in [0, 0.1) is 0 Å². The third kappa shape index (κ3) is 7.03. The summed E-state index contributed by atoms with van der Waals surface area (Å²) in [5.41, 5.74) is 1.13. The number of hydrogen-bond donors (Lipinski definition) is 1. The highest BCUT2D eigenvalue weighted by Gasteiger charge is 2.25. The predicted molar refractivity (Wildman–Crippen MR) is 117 cm³/mol. The molecule has 0 radical (unpaired) electrons. The Morgan fingerprint density at radius 3 is 2.81 bits per heavy atom. The van der Waals surface area contributed by atoms with Gasteiger partial charge in [0, 0.05) is 38.4 Å². The molecule has 1 unspecified atom stereocenters. The van der Waals surface area contributed by atoms with E-state index in [4.69, 9.17) is 9.73 Å². The van der Waals surface area contributed by atoms with Gasteiger partial charge in [0.15, 0.2) is 5.96 Å². The van der Waals surface area contributed by atoms with Gasteiger partial charge >= 0.3 is 0 Å². The fraction of sp³-hybridized carbons (Fsp3) is 0.778. The normalized spacial score (nSPS) is 18.1. The van der Waals surface area contributed by atoms with Gasteiger partial charge in [-0.2, -0.15) is 5.10 Å². The van der Waals surface area contributed by atoms with Crippen LogP contribution in [-0.2, 0) is 11.8 Å². The van der Waals surface area contributed by atoms with E-state index in [1.807, 2.05) is 24.1 Å². The van der Waals surface area contributed by atoms with Gasteiger partial charge in [0.1, 0.15) is 6.10 Å². The molecule has 7 nitrogen and oxygen atoms in total. The van der Waals surface area contributed by atoms with Crippen LogP contribution in [-0.4, -0.2) is 78.0 Å². The lowest BCUT2D eigenvalue weighted by Crippen LogP contribution is -2.48. The van der Waals surface area contributed by atoms with E-state index in [1.165, 1.54) is 6.42 Å². The third-order valence-electron chi connectivity index (χ3n) is 4.46. The van der Waals surface area contributed by atoms with E-state index in [1.54, 1.807) is 0 Å². The second-order valence-corrected chi connectivity index (χ2v) is 6.42. The number of morpholine rings is 1. The largest absolute Gasteiger partial charge is 0.370 e. The minimum atomic E-state index is 0.